The Labute approximate surface area is 113 Å². The number of phenols is 1. The van der Waals surface area contributed by atoms with Crippen molar-refractivity contribution in [3.8, 4) is 5.75 Å². The number of nitrogens with one attached hydrogen (secondary N) is 1. The van der Waals surface area contributed by atoms with Gasteiger partial charge < -0.3 is 20.3 Å². The Morgan fingerprint density at radius 2 is 2.05 bits per heavy atom. The summed E-state index contributed by atoms with van der Waals surface area (Å²) in [6.45, 7) is -0.956. The number of carboxylic acids is 1. The van der Waals surface area contributed by atoms with E-state index in [4.69, 9.17) is 5.11 Å². The fraction of sp³-hybridized carbons (Fsp3) is 0.333. The van der Waals surface area contributed by atoms with Crippen molar-refractivity contribution < 1.29 is 33.3 Å². The molecular formula is C12H13F2NO5. The van der Waals surface area contributed by atoms with E-state index >= 15 is 0 Å². The highest BCUT2D eigenvalue weighted by Gasteiger charge is 2.14. The molecule has 3 N–H and O–H groups in total. The molecule has 0 spiro atoms. The number of benzene rings is 1. The lowest BCUT2D eigenvalue weighted by molar-refractivity contribution is -0.117. The van der Waals surface area contributed by atoms with Crippen LogP contribution in [0, 0.1) is 0 Å². The van der Waals surface area contributed by atoms with Gasteiger partial charge in [0, 0.05) is 0 Å². The highest BCUT2D eigenvalue weighted by Crippen LogP contribution is 2.27. The lowest BCUT2D eigenvalue weighted by atomic mass is 10.1. The smallest absolute Gasteiger partial charge is 0.339 e. The van der Waals surface area contributed by atoms with Crippen LogP contribution < -0.4 is 5.32 Å². The van der Waals surface area contributed by atoms with Crippen LogP contribution in [0.2, 0.25) is 0 Å². The molecule has 0 saturated heterocycles. The summed E-state index contributed by atoms with van der Waals surface area (Å²) in [6, 6.07) is 3.85. The number of hydrogen-bond donors (Lipinski definition) is 3. The van der Waals surface area contributed by atoms with Crippen molar-refractivity contribution in [2.24, 2.45) is 0 Å². The minimum Gasteiger partial charge on any atom is -0.505 e. The molecule has 6 nitrogen and oxygen atoms in total. The molecule has 110 valence electrons. The molecule has 0 bridgehead atoms. The van der Waals surface area contributed by atoms with Crippen LogP contribution in [0.15, 0.2) is 18.2 Å². The molecule has 0 aliphatic rings. The van der Waals surface area contributed by atoms with Crippen molar-refractivity contribution in [1.82, 2.24) is 0 Å². The van der Waals surface area contributed by atoms with Gasteiger partial charge in [-0.3, -0.25) is 4.79 Å². The van der Waals surface area contributed by atoms with E-state index in [2.05, 4.69) is 10.1 Å². The summed E-state index contributed by atoms with van der Waals surface area (Å²) in [7, 11) is 0. The molecule has 0 aliphatic heterocycles. The van der Waals surface area contributed by atoms with Crippen LogP contribution in [0.1, 0.15) is 16.8 Å². The van der Waals surface area contributed by atoms with Crippen molar-refractivity contribution in [3.05, 3.63) is 23.8 Å². The molecule has 0 atom stereocenters. The number of hydrogen-bond acceptors (Lipinski definition) is 4. The van der Waals surface area contributed by atoms with Gasteiger partial charge in [-0.25, -0.2) is 13.6 Å². The second kappa shape index (κ2) is 7.39. The Bertz CT molecular complexity index is 493. The normalized spacial score (nSPS) is 10.6. The van der Waals surface area contributed by atoms with Gasteiger partial charge in [0.05, 0.1) is 18.7 Å². The number of carbonyl (C=O) groups is 2. The van der Waals surface area contributed by atoms with Gasteiger partial charge in [0.2, 0.25) is 5.91 Å². The molecule has 1 aromatic rings. The summed E-state index contributed by atoms with van der Waals surface area (Å²) < 4.78 is 28.1. The fourth-order valence-electron chi connectivity index (χ4n) is 1.37. The van der Waals surface area contributed by atoms with Gasteiger partial charge in [-0.1, -0.05) is 6.07 Å². The predicted molar refractivity (Wildman–Crippen MR) is 65.1 cm³/mol. The van der Waals surface area contributed by atoms with Crippen LogP contribution in [0.3, 0.4) is 0 Å². The fourth-order valence-corrected chi connectivity index (χ4v) is 1.37. The number of para-hydroxylation sites is 1. The number of carboxylic acid groups (broad SMARTS) is 1. The predicted octanol–water partition coefficient (Wildman–Crippen LogP) is 1.70. The summed E-state index contributed by atoms with van der Waals surface area (Å²) in [4.78, 5) is 22.2. The molecule has 0 aromatic heterocycles. The third kappa shape index (κ3) is 4.81. The Morgan fingerprint density at radius 3 is 2.65 bits per heavy atom. The number of aromatic hydroxyl groups is 1. The highest BCUT2D eigenvalue weighted by atomic mass is 19.3. The maximum absolute atomic E-state index is 11.8. The first-order chi connectivity index (χ1) is 9.41. The molecule has 0 unspecified atom stereocenters. The zero-order chi connectivity index (χ0) is 15.1. The number of ether oxygens (including phenoxy) is 1. The van der Waals surface area contributed by atoms with Gasteiger partial charge in [-0.15, -0.1) is 0 Å². The number of alkyl halides is 2. The summed E-state index contributed by atoms with van der Waals surface area (Å²) in [5, 5.41) is 20.7. The third-order valence-corrected chi connectivity index (χ3v) is 2.26. The quantitative estimate of drug-likeness (QED) is 0.524. The highest BCUT2D eigenvalue weighted by molar-refractivity contribution is 5.97. The van der Waals surface area contributed by atoms with Crippen LogP contribution >= 0.6 is 0 Å². The van der Waals surface area contributed by atoms with Gasteiger partial charge in [0.25, 0.3) is 6.43 Å². The Hall–Kier alpha value is -2.22. The van der Waals surface area contributed by atoms with Crippen molar-refractivity contribution in [2.45, 2.75) is 12.8 Å². The first kappa shape index (κ1) is 15.8. The van der Waals surface area contributed by atoms with Crippen LogP contribution in [0.5, 0.6) is 5.75 Å². The van der Waals surface area contributed by atoms with E-state index in [9.17, 15) is 23.5 Å². The number of aromatic carboxylic acids is 1. The van der Waals surface area contributed by atoms with Crippen molar-refractivity contribution in [1.29, 1.82) is 0 Å². The van der Waals surface area contributed by atoms with E-state index in [0.29, 0.717) is 0 Å². The maximum atomic E-state index is 11.8. The molecule has 0 fully saturated rings. The average Bonchev–Trinajstić information content (AvgIpc) is 2.36. The molecule has 1 aromatic carbocycles. The van der Waals surface area contributed by atoms with Gasteiger partial charge >= 0.3 is 5.97 Å². The first-order valence-electron chi connectivity index (χ1n) is 5.63. The zero-order valence-corrected chi connectivity index (χ0v) is 10.3. The maximum Gasteiger partial charge on any atom is 0.339 e. The molecule has 0 heterocycles. The Morgan fingerprint density at radius 1 is 1.35 bits per heavy atom. The zero-order valence-electron chi connectivity index (χ0n) is 10.3. The molecule has 8 heteroatoms. The second-order valence-corrected chi connectivity index (χ2v) is 3.77. The third-order valence-electron chi connectivity index (χ3n) is 2.26. The monoisotopic (exact) mass is 289 g/mol. The van der Waals surface area contributed by atoms with Crippen molar-refractivity contribution in [3.63, 3.8) is 0 Å². The van der Waals surface area contributed by atoms with Crippen LogP contribution in [-0.4, -0.2) is 41.7 Å². The number of carbonyl (C=O) groups excluding carboxylic acids is 1. The van der Waals surface area contributed by atoms with Gasteiger partial charge in [-0.05, 0) is 12.1 Å². The van der Waals surface area contributed by atoms with Crippen LogP contribution in [0.4, 0.5) is 14.5 Å². The van der Waals surface area contributed by atoms with E-state index in [-0.39, 0.29) is 24.3 Å². The largest absolute Gasteiger partial charge is 0.505 e. The number of halogens is 2. The Balaban J connectivity index is 2.54. The number of rotatable bonds is 7. The molecular weight excluding hydrogens is 276 g/mol. The second-order valence-electron chi connectivity index (χ2n) is 3.77. The summed E-state index contributed by atoms with van der Waals surface area (Å²) in [6.07, 6.45) is -2.79. The van der Waals surface area contributed by atoms with E-state index in [0.717, 1.165) is 0 Å². The number of amides is 1. The minimum absolute atomic E-state index is 0.0660. The topological polar surface area (TPSA) is 95.9 Å². The van der Waals surface area contributed by atoms with E-state index in [1.165, 1.54) is 18.2 Å². The van der Waals surface area contributed by atoms with E-state index in [1.54, 1.807) is 0 Å². The molecule has 0 saturated carbocycles. The lowest BCUT2D eigenvalue weighted by Gasteiger charge is -2.09. The molecule has 0 radical (unpaired) electrons. The summed E-state index contributed by atoms with van der Waals surface area (Å²) >= 11 is 0. The summed E-state index contributed by atoms with van der Waals surface area (Å²) in [5.74, 6) is -2.49. The van der Waals surface area contributed by atoms with Crippen molar-refractivity contribution in [2.75, 3.05) is 18.5 Å². The number of anilines is 1. The van der Waals surface area contributed by atoms with E-state index in [1.807, 2.05) is 0 Å². The van der Waals surface area contributed by atoms with Gasteiger partial charge in [0.1, 0.15) is 12.2 Å². The van der Waals surface area contributed by atoms with Crippen LogP contribution in [-0.2, 0) is 9.53 Å². The Kier molecular flexibility index (Phi) is 5.85. The van der Waals surface area contributed by atoms with E-state index < -0.39 is 30.7 Å². The molecule has 1 rings (SSSR count). The standard InChI is InChI=1S/C12H13F2NO5/c13-9(14)6-20-5-4-10(16)15-8-3-1-2-7(11(8)17)12(18)19/h1-3,9,17H,4-6H2,(H,15,16)(H,18,19). The van der Waals surface area contributed by atoms with Crippen LogP contribution in [0.25, 0.3) is 0 Å². The minimum atomic E-state index is -2.60. The SMILES string of the molecule is O=C(CCOCC(F)F)Nc1cccc(C(=O)O)c1O. The van der Waals surface area contributed by atoms with Gasteiger partial charge in [-0.2, -0.15) is 0 Å². The lowest BCUT2D eigenvalue weighted by Crippen LogP contribution is -2.16. The average molecular weight is 289 g/mol. The first-order valence-corrected chi connectivity index (χ1v) is 5.63. The molecule has 1 amide bonds. The van der Waals surface area contributed by atoms with Crippen molar-refractivity contribution >= 4 is 17.6 Å². The molecule has 20 heavy (non-hydrogen) atoms. The van der Waals surface area contributed by atoms with Gasteiger partial charge in [0.15, 0.2) is 5.75 Å². The summed E-state index contributed by atoms with van der Waals surface area (Å²) in [5.41, 5.74) is -0.416. The molecule has 0 aliphatic carbocycles.